The van der Waals surface area contributed by atoms with Gasteiger partial charge in [0, 0.05) is 12.8 Å². The Bertz CT molecular complexity index is 853. The van der Waals surface area contributed by atoms with Gasteiger partial charge in [0.05, 0.1) is 4.90 Å². The smallest absolute Gasteiger partial charge is 0.353 e. The van der Waals surface area contributed by atoms with E-state index in [4.69, 9.17) is 5.14 Å². The first-order valence-electron chi connectivity index (χ1n) is 6.09. The standard InChI is InChI=1S/C12H14N2O6S2/c1-21(17,18)9-4-2-8(3-5-9)10-6-7-14(22(13,19)20)11(10)12(15)16/h2-5H,6-7H2,1H3,(H,15,16)(H2,13,19,20). The quantitative estimate of drug-likeness (QED) is 0.775. The number of hydrogen-bond donors (Lipinski definition) is 2. The fraction of sp³-hybridized carbons (Fsp3) is 0.250. The minimum absolute atomic E-state index is 0.0658. The summed E-state index contributed by atoms with van der Waals surface area (Å²) in [5.41, 5.74) is 0.326. The van der Waals surface area contributed by atoms with Crippen LogP contribution < -0.4 is 5.14 Å². The zero-order valence-electron chi connectivity index (χ0n) is 11.6. The minimum atomic E-state index is -4.17. The van der Waals surface area contributed by atoms with Crippen molar-refractivity contribution in [1.29, 1.82) is 0 Å². The van der Waals surface area contributed by atoms with Crippen molar-refractivity contribution in [3.8, 4) is 0 Å². The van der Waals surface area contributed by atoms with E-state index in [0.717, 1.165) is 6.26 Å². The number of carboxylic acid groups (broad SMARTS) is 1. The van der Waals surface area contributed by atoms with Gasteiger partial charge >= 0.3 is 5.97 Å². The summed E-state index contributed by atoms with van der Waals surface area (Å²) in [5, 5.41) is 14.3. The van der Waals surface area contributed by atoms with Gasteiger partial charge in [-0.3, -0.25) is 0 Å². The van der Waals surface area contributed by atoms with Gasteiger partial charge in [0.2, 0.25) is 0 Å². The van der Waals surface area contributed by atoms with Gasteiger partial charge in [0.1, 0.15) is 5.70 Å². The van der Waals surface area contributed by atoms with E-state index in [2.05, 4.69) is 0 Å². The predicted molar refractivity (Wildman–Crippen MR) is 78.5 cm³/mol. The highest BCUT2D eigenvalue weighted by molar-refractivity contribution is 7.90. The van der Waals surface area contributed by atoms with E-state index in [1.54, 1.807) is 0 Å². The van der Waals surface area contributed by atoms with Crippen LogP contribution in [-0.4, -0.2) is 45.0 Å². The van der Waals surface area contributed by atoms with Crippen LogP contribution in [0, 0.1) is 0 Å². The number of nitrogens with zero attached hydrogens (tertiary/aromatic N) is 1. The molecule has 0 spiro atoms. The number of hydrogen-bond acceptors (Lipinski definition) is 5. The molecule has 2 rings (SSSR count). The van der Waals surface area contributed by atoms with Crippen molar-refractivity contribution in [3.63, 3.8) is 0 Å². The van der Waals surface area contributed by atoms with Crippen molar-refractivity contribution < 1.29 is 26.7 Å². The summed E-state index contributed by atoms with van der Waals surface area (Å²) in [6.07, 6.45) is 1.23. The number of aliphatic carboxylic acids is 1. The molecule has 1 aliphatic heterocycles. The SMILES string of the molecule is CS(=O)(=O)c1ccc(C2=C(C(=O)O)N(S(N)(=O)=O)CC2)cc1. The second kappa shape index (κ2) is 5.38. The third kappa shape index (κ3) is 3.13. The molecule has 0 saturated carbocycles. The van der Waals surface area contributed by atoms with E-state index >= 15 is 0 Å². The Balaban J connectivity index is 2.54. The lowest BCUT2D eigenvalue weighted by Gasteiger charge is -2.16. The summed E-state index contributed by atoms with van der Waals surface area (Å²) in [6, 6.07) is 5.58. The lowest BCUT2D eigenvalue weighted by atomic mass is 10.0. The van der Waals surface area contributed by atoms with Crippen LogP contribution >= 0.6 is 0 Å². The number of sulfone groups is 1. The van der Waals surface area contributed by atoms with Crippen molar-refractivity contribution in [2.24, 2.45) is 5.14 Å². The summed E-state index contributed by atoms with van der Waals surface area (Å²) < 4.78 is 46.3. The molecule has 22 heavy (non-hydrogen) atoms. The first-order valence-corrected chi connectivity index (χ1v) is 9.48. The van der Waals surface area contributed by atoms with Crippen LogP contribution in [-0.2, 0) is 24.8 Å². The van der Waals surface area contributed by atoms with Gasteiger partial charge in [-0.1, -0.05) is 12.1 Å². The van der Waals surface area contributed by atoms with E-state index in [0.29, 0.717) is 15.4 Å². The molecule has 0 bridgehead atoms. The van der Waals surface area contributed by atoms with Gasteiger partial charge in [0.25, 0.3) is 10.2 Å². The highest BCUT2D eigenvalue weighted by Gasteiger charge is 2.34. The van der Waals surface area contributed by atoms with Crippen molar-refractivity contribution >= 4 is 31.6 Å². The Kier molecular flexibility index (Phi) is 4.02. The Labute approximate surface area is 128 Å². The average molecular weight is 346 g/mol. The molecule has 120 valence electrons. The fourth-order valence-electron chi connectivity index (χ4n) is 2.27. The van der Waals surface area contributed by atoms with E-state index < -0.39 is 31.7 Å². The molecular formula is C12H14N2O6S2. The maximum atomic E-state index is 11.4. The van der Waals surface area contributed by atoms with Crippen molar-refractivity contribution in [2.45, 2.75) is 11.3 Å². The zero-order valence-corrected chi connectivity index (χ0v) is 13.2. The van der Waals surface area contributed by atoms with E-state index in [1.165, 1.54) is 24.3 Å². The van der Waals surface area contributed by atoms with Gasteiger partial charge in [0.15, 0.2) is 9.84 Å². The highest BCUT2D eigenvalue weighted by Crippen LogP contribution is 2.33. The maximum Gasteiger partial charge on any atom is 0.353 e. The Hall–Kier alpha value is -1.91. The molecule has 3 N–H and O–H groups in total. The molecule has 0 aliphatic carbocycles. The van der Waals surface area contributed by atoms with Gasteiger partial charge in [-0.25, -0.2) is 22.7 Å². The average Bonchev–Trinajstić information content (AvgIpc) is 2.82. The fourth-order valence-corrected chi connectivity index (χ4v) is 3.69. The summed E-state index contributed by atoms with van der Waals surface area (Å²) in [7, 11) is -7.54. The molecule has 0 unspecified atom stereocenters. The normalized spacial score (nSPS) is 16.2. The molecule has 0 fully saturated rings. The van der Waals surface area contributed by atoms with E-state index in [1.807, 2.05) is 0 Å². The summed E-state index contributed by atoms with van der Waals surface area (Å²) in [4.78, 5) is 11.4. The lowest BCUT2D eigenvalue weighted by Crippen LogP contribution is -2.36. The lowest BCUT2D eigenvalue weighted by molar-refractivity contribution is -0.133. The summed E-state index contributed by atoms with van der Waals surface area (Å²) in [6.45, 7) is -0.0658. The van der Waals surface area contributed by atoms with Crippen molar-refractivity contribution in [2.75, 3.05) is 12.8 Å². The number of rotatable bonds is 4. The topological polar surface area (TPSA) is 135 Å². The molecule has 1 aromatic rings. The largest absolute Gasteiger partial charge is 0.477 e. The first kappa shape index (κ1) is 16.5. The van der Waals surface area contributed by atoms with E-state index in [-0.39, 0.29) is 17.9 Å². The monoisotopic (exact) mass is 346 g/mol. The molecule has 0 atom stereocenters. The molecule has 10 heteroatoms. The molecule has 0 amide bonds. The van der Waals surface area contributed by atoms with Crippen LogP contribution in [0.3, 0.4) is 0 Å². The van der Waals surface area contributed by atoms with Crippen LogP contribution in [0.25, 0.3) is 5.57 Å². The molecule has 1 heterocycles. The van der Waals surface area contributed by atoms with Crippen molar-refractivity contribution in [1.82, 2.24) is 4.31 Å². The van der Waals surface area contributed by atoms with Crippen LogP contribution in [0.15, 0.2) is 34.9 Å². The number of carboxylic acids is 1. The molecule has 1 aromatic carbocycles. The summed E-state index contributed by atoms with van der Waals surface area (Å²) in [5.74, 6) is -1.41. The second-order valence-corrected chi connectivity index (χ2v) is 8.28. The van der Waals surface area contributed by atoms with Crippen molar-refractivity contribution in [3.05, 3.63) is 35.5 Å². The molecule has 0 radical (unpaired) electrons. The Morgan fingerprint density at radius 3 is 2.14 bits per heavy atom. The van der Waals surface area contributed by atoms with Gasteiger partial charge in [-0.15, -0.1) is 0 Å². The predicted octanol–water partition coefficient (Wildman–Crippen LogP) is -0.205. The van der Waals surface area contributed by atoms with Gasteiger partial charge in [-0.2, -0.15) is 8.42 Å². The van der Waals surface area contributed by atoms with Crippen LogP contribution in [0.5, 0.6) is 0 Å². The molecular weight excluding hydrogens is 332 g/mol. The Morgan fingerprint density at radius 2 is 1.73 bits per heavy atom. The Morgan fingerprint density at radius 1 is 1.18 bits per heavy atom. The third-order valence-corrected chi connectivity index (χ3v) is 5.35. The highest BCUT2D eigenvalue weighted by atomic mass is 32.2. The third-order valence-electron chi connectivity index (χ3n) is 3.24. The van der Waals surface area contributed by atoms with Crippen LogP contribution in [0.2, 0.25) is 0 Å². The number of benzene rings is 1. The molecule has 0 saturated heterocycles. The number of carbonyl (C=O) groups is 1. The maximum absolute atomic E-state index is 11.4. The zero-order chi connectivity index (χ0) is 16.7. The van der Waals surface area contributed by atoms with Gasteiger partial charge < -0.3 is 5.11 Å². The first-order chi connectivity index (χ1) is 10.0. The van der Waals surface area contributed by atoms with Gasteiger partial charge in [-0.05, 0) is 29.7 Å². The summed E-state index contributed by atoms with van der Waals surface area (Å²) >= 11 is 0. The second-order valence-electron chi connectivity index (χ2n) is 4.80. The minimum Gasteiger partial charge on any atom is -0.477 e. The number of nitrogens with two attached hydrogens (primary N) is 1. The molecule has 1 aliphatic rings. The molecule has 8 nitrogen and oxygen atoms in total. The van der Waals surface area contributed by atoms with Crippen LogP contribution in [0.1, 0.15) is 12.0 Å². The van der Waals surface area contributed by atoms with E-state index in [9.17, 15) is 26.7 Å². The molecule has 0 aromatic heterocycles. The van der Waals surface area contributed by atoms with Crippen LogP contribution in [0.4, 0.5) is 0 Å².